The van der Waals surface area contributed by atoms with Crippen LogP contribution < -0.4 is 5.32 Å². The van der Waals surface area contributed by atoms with Crippen LogP contribution in [0, 0.1) is 16.1 Å². The van der Waals surface area contributed by atoms with E-state index in [4.69, 9.17) is 12.2 Å². The first-order valence-electron chi connectivity index (χ1n) is 13.7. The second-order valence-corrected chi connectivity index (χ2v) is 17.2. The number of nitrogens with one attached hydrogen (secondary N) is 1. The van der Waals surface area contributed by atoms with Crippen molar-refractivity contribution in [3.05, 3.63) is 21.8 Å². The molecule has 42 heavy (non-hydrogen) atoms. The van der Waals surface area contributed by atoms with E-state index in [9.17, 15) is 34.5 Å². The van der Waals surface area contributed by atoms with E-state index in [2.05, 4.69) is 12.2 Å². The third-order valence-electron chi connectivity index (χ3n) is 6.52. The minimum absolute atomic E-state index is 0.0348. The number of benzene rings is 1. The Labute approximate surface area is 302 Å². The number of aromatic carboxylic acids is 2. The number of unbranched alkanes of at least 4 members (excludes halogenated alkanes) is 9. The molecule has 0 aliphatic carbocycles. The van der Waals surface area contributed by atoms with E-state index < -0.39 is 34.5 Å². The first-order valence-corrected chi connectivity index (χ1v) is 19.2. The lowest BCUT2D eigenvalue weighted by molar-refractivity contribution is -0.147. The van der Waals surface area contributed by atoms with Gasteiger partial charge in [-0.3, -0.25) is 9.59 Å². The standard InChI is InChI=1S/C28H38I3NO7S3/c1-4-5-6-7-8-9-10-11-12-13-14-41-27(40)42-16(15-28(2,3)26(38)39)23(33)32-22-20(30)17(24(34)35)19(29)18(21(22)31)25(36)37/h16H,4-15H2,1-3H3,(H,32,33)(H,34,35)(H,36,37)(H,38,39). The highest BCUT2D eigenvalue weighted by Gasteiger charge is 2.36. The summed E-state index contributed by atoms with van der Waals surface area (Å²) in [5.41, 5.74) is -1.61. The zero-order valence-electron chi connectivity index (χ0n) is 23.9. The van der Waals surface area contributed by atoms with Crippen molar-refractivity contribution in [3.8, 4) is 0 Å². The Morgan fingerprint density at radius 1 is 0.810 bits per heavy atom. The lowest BCUT2D eigenvalue weighted by Gasteiger charge is -2.26. The van der Waals surface area contributed by atoms with Crippen molar-refractivity contribution in [2.24, 2.45) is 5.41 Å². The molecule has 0 spiro atoms. The maximum Gasteiger partial charge on any atom is 0.337 e. The molecular weight excluding hydrogens is 939 g/mol. The fraction of sp³-hybridized carbons (Fsp3) is 0.607. The van der Waals surface area contributed by atoms with Gasteiger partial charge in [0, 0.05) is 3.57 Å². The second kappa shape index (κ2) is 20.3. The number of thiocarbonyl (C=S) groups is 1. The number of carbonyl (C=O) groups excluding carboxylic acids is 1. The van der Waals surface area contributed by atoms with Gasteiger partial charge in [-0.15, -0.1) is 11.8 Å². The molecule has 0 fully saturated rings. The molecule has 4 N–H and O–H groups in total. The summed E-state index contributed by atoms with van der Waals surface area (Å²) in [6.45, 7) is 5.27. The van der Waals surface area contributed by atoms with Crippen LogP contribution in [0.5, 0.6) is 0 Å². The molecule has 14 heteroatoms. The zero-order chi connectivity index (χ0) is 32.0. The zero-order valence-corrected chi connectivity index (χ0v) is 32.8. The molecule has 236 valence electrons. The van der Waals surface area contributed by atoms with Gasteiger partial charge in [0.15, 0.2) is 0 Å². The number of carboxylic acid groups (broad SMARTS) is 3. The van der Waals surface area contributed by atoms with Gasteiger partial charge < -0.3 is 20.6 Å². The van der Waals surface area contributed by atoms with Gasteiger partial charge in [-0.2, -0.15) is 0 Å². The Morgan fingerprint density at radius 3 is 1.69 bits per heavy atom. The van der Waals surface area contributed by atoms with E-state index >= 15 is 0 Å². The van der Waals surface area contributed by atoms with Crippen LogP contribution >= 0.6 is 104 Å². The Hall–Kier alpha value is 0.0800. The summed E-state index contributed by atoms with van der Waals surface area (Å²) in [5.74, 6) is -3.47. The van der Waals surface area contributed by atoms with Crippen LogP contribution in [0.25, 0.3) is 0 Å². The summed E-state index contributed by atoms with van der Waals surface area (Å²) in [5, 5.41) is 31.0. The monoisotopic (exact) mass is 977 g/mol. The molecule has 0 aliphatic rings. The van der Waals surface area contributed by atoms with Gasteiger partial charge in [-0.05, 0) is 100 Å². The topological polar surface area (TPSA) is 141 Å². The number of hydrogen-bond donors (Lipinski definition) is 4. The molecule has 0 radical (unpaired) electrons. The van der Waals surface area contributed by atoms with E-state index in [0.29, 0.717) is 3.53 Å². The van der Waals surface area contributed by atoms with Gasteiger partial charge in [0.05, 0.1) is 34.6 Å². The van der Waals surface area contributed by atoms with Gasteiger partial charge >= 0.3 is 17.9 Å². The van der Waals surface area contributed by atoms with Crippen LogP contribution in [-0.4, -0.2) is 53.7 Å². The summed E-state index contributed by atoms with van der Waals surface area (Å²) < 4.78 is 0.955. The van der Waals surface area contributed by atoms with Crippen molar-refractivity contribution in [1.29, 1.82) is 0 Å². The second-order valence-electron chi connectivity index (χ2n) is 10.4. The number of amides is 1. The van der Waals surface area contributed by atoms with Crippen molar-refractivity contribution in [3.63, 3.8) is 0 Å². The molecule has 0 aromatic heterocycles. The number of rotatable bonds is 19. The van der Waals surface area contributed by atoms with Gasteiger partial charge in [0.1, 0.15) is 3.53 Å². The fourth-order valence-corrected chi connectivity index (χ4v) is 11.2. The molecular formula is C28H38I3NO7S3. The van der Waals surface area contributed by atoms with Gasteiger partial charge in [0.25, 0.3) is 0 Å². The van der Waals surface area contributed by atoms with Crippen molar-refractivity contribution >= 4 is 137 Å². The molecule has 0 heterocycles. The number of carboxylic acids is 3. The number of hydrogen-bond acceptors (Lipinski definition) is 7. The van der Waals surface area contributed by atoms with Crippen molar-refractivity contribution in [2.45, 2.75) is 96.7 Å². The molecule has 1 atom stereocenters. The van der Waals surface area contributed by atoms with Crippen LogP contribution in [-0.2, 0) is 9.59 Å². The van der Waals surface area contributed by atoms with E-state index in [1.54, 1.807) is 67.8 Å². The highest BCUT2D eigenvalue weighted by Crippen LogP contribution is 2.38. The molecule has 0 aliphatic heterocycles. The smallest absolute Gasteiger partial charge is 0.337 e. The molecule has 0 saturated heterocycles. The van der Waals surface area contributed by atoms with E-state index in [-0.39, 0.29) is 33.9 Å². The van der Waals surface area contributed by atoms with E-state index in [1.165, 1.54) is 77.0 Å². The number of aliphatic carboxylic acids is 1. The molecule has 1 unspecified atom stereocenters. The Kier molecular flexibility index (Phi) is 19.3. The average molecular weight is 978 g/mol. The first-order chi connectivity index (χ1) is 19.6. The minimum Gasteiger partial charge on any atom is -0.481 e. The fourth-order valence-electron chi connectivity index (χ4n) is 3.99. The maximum atomic E-state index is 13.6. The SMILES string of the molecule is CCCCCCCCCCCCSC(=S)SC(CC(C)(C)C(=O)O)C(=O)Nc1c(I)c(C(=O)O)c(I)c(C(=O)O)c1I. The third kappa shape index (κ3) is 13.2. The molecule has 1 aromatic rings. The highest BCUT2D eigenvalue weighted by molar-refractivity contribution is 14.1. The molecule has 1 amide bonds. The highest BCUT2D eigenvalue weighted by atomic mass is 127. The average Bonchev–Trinajstić information content (AvgIpc) is 2.88. The van der Waals surface area contributed by atoms with Crippen LogP contribution in [0.15, 0.2) is 0 Å². The Morgan fingerprint density at radius 2 is 1.26 bits per heavy atom. The number of halogens is 3. The predicted molar refractivity (Wildman–Crippen MR) is 201 cm³/mol. The number of carbonyl (C=O) groups is 4. The summed E-state index contributed by atoms with van der Waals surface area (Å²) >= 11 is 13.4. The Balaban J connectivity index is 2.94. The molecule has 1 rings (SSSR count). The quantitative estimate of drug-likeness (QED) is 0.0603. The molecule has 0 bridgehead atoms. The summed E-state index contributed by atoms with van der Waals surface area (Å²) in [7, 11) is 0. The number of thioether (sulfide) groups is 2. The first kappa shape index (κ1) is 40.1. The summed E-state index contributed by atoms with van der Waals surface area (Å²) in [6.07, 6.45) is 12.2. The van der Waals surface area contributed by atoms with Crippen LogP contribution in [0.2, 0.25) is 0 Å². The van der Waals surface area contributed by atoms with Gasteiger partial charge in [-0.25, -0.2) is 9.59 Å². The van der Waals surface area contributed by atoms with Crippen LogP contribution in [0.3, 0.4) is 0 Å². The molecule has 8 nitrogen and oxygen atoms in total. The molecule has 0 saturated carbocycles. The largest absolute Gasteiger partial charge is 0.481 e. The van der Waals surface area contributed by atoms with E-state index in [0.717, 1.165) is 30.4 Å². The van der Waals surface area contributed by atoms with Gasteiger partial charge in [0.2, 0.25) is 5.91 Å². The van der Waals surface area contributed by atoms with Crippen molar-refractivity contribution < 1.29 is 34.5 Å². The maximum absolute atomic E-state index is 13.6. The predicted octanol–water partition coefficient (Wildman–Crippen LogP) is 9.38. The normalized spacial score (nSPS) is 12.1. The van der Waals surface area contributed by atoms with Crippen LogP contribution in [0.1, 0.15) is 112 Å². The van der Waals surface area contributed by atoms with Gasteiger partial charge in [-0.1, -0.05) is 88.7 Å². The van der Waals surface area contributed by atoms with E-state index in [1.807, 2.05) is 0 Å². The van der Waals surface area contributed by atoms with Crippen molar-refractivity contribution in [2.75, 3.05) is 11.1 Å². The third-order valence-corrected chi connectivity index (χ3v) is 12.6. The minimum atomic E-state index is -1.32. The Bertz CT molecular complexity index is 1110. The summed E-state index contributed by atoms with van der Waals surface area (Å²) in [6, 6.07) is 0. The summed E-state index contributed by atoms with van der Waals surface area (Å²) in [4.78, 5) is 49.3. The lowest BCUT2D eigenvalue weighted by Crippen LogP contribution is -2.35. The molecule has 1 aromatic carbocycles. The number of anilines is 1. The lowest BCUT2D eigenvalue weighted by atomic mass is 9.87. The van der Waals surface area contributed by atoms with Crippen molar-refractivity contribution in [1.82, 2.24) is 0 Å². The van der Waals surface area contributed by atoms with Crippen LogP contribution in [0.4, 0.5) is 5.69 Å².